The zero-order valence-corrected chi connectivity index (χ0v) is 19.0. The molecule has 140 valence electrons. The number of hydrogen-bond acceptors (Lipinski definition) is 3. The molecule has 1 aromatic carbocycles. The molecular weight excluding hydrogens is 343 g/mol. The van der Waals surface area contributed by atoms with E-state index in [4.69, 9.17) is 4.18 Å². The van der Waals surface area contributed by atoms with Crippen LogP contribution in [-0.4, -0.2) is 15.0 Å². The summed E-state index contributed by atoms with van der Waals surface area (Å²) >= 11 is 0. The van der Waals surface area contributed by atoms with Crippen LogP contribution in [0, 0.1) is 0 Å². The van der Waals surface area contributed by atoms with E-state index in [1.807, 2.05) is 0 Å². The maximum atomic E-state index is 11.9. The number of rotatable bonds is 15. The van der Waals surface area contributed by atoms with Gasteiger partial charge >= 0.3 is 29.6 Å². The van der Waals surface area contributed by atoms with Crippen molar-refractivity contribution in [2.24, 2.45) is 0 Å². The van der Waals surface area contributed by atoms with Gasteiger partial charge in [0.2, 0.25) is 0 Å². The Morgan fingerprint density at radius 3 is 1.68 bits per heavy atom. The molecule has 1 rings (SSSR count). The van der Waals surface area contributed by atoms with E-state index in [9.17, 15) is 8.42 Å². The first kappa shape index (κ1) is 25.1. The summed E-state index contributed by atoms with van der Waals surface area (Å²) in [5.74, 6) is 0. The van der Waals surface area contributed by atoms with Gasteiger partial charge in [0.15, 0.2) is 0 Å². The minimum Gasteiger partial charge on any atom is -1.00 e. The Morgan fingerprint density at radius 2 is 1.20 bits per heavy atom. The second-order valence-electron chi connectivity index (χ2n) is 6.48. The van der Waals surface area contributed by atoms with Crippen molar-refractivity contribution in [1.82, 2.24) is 0 Å². The van der Waals surface area contributed by atoms with Gasteiger partial charge in [-0.3, -0.25) is 4.18 Å². The molecule has 0 saturated carbocycles. The quantitative estimate of drug-likeness (QED) is 0.267. The molecule has 0 aromatic heterocycles. The minimum absolute atomic E-state index is 0. The third-order valence-corrected chi connectivity index (χ3v) is 5.59. The first-order valence-corrected chi connectivity index (χ1v) is 11.0. The zero-order valence-electron chi connectivity index (χ0n) is 17.2. The number of hydrogen-bond donors (Lipinski definition) is 0. The zero-order chi connectivity index (χ0) is 17.5. The van der Waals surface area contributed by atoms with Crippen LogP contribution in [0.5, 0.6) is 0 Å². The van der Waals surface area contributed by atoms with E-state index in [1.165, 1.54) is 64.2 Å². The van der Waals surface area contributed by atoms with Gasteiger partial charge in [0.1, 0.15) is 0 Å². The van der Waals surface area contributed by atoms with E-state index in [0.29, 0.717) is 0 Å². The summed E-state index contributed by atoms with van der Waals surface area (Å²) < 4.78 is 28.9. The summed E-state index contributed by atoms with van der Waals surface area (Å²) in [6, 6.07) is 8.35. The molecule has 0 N–H and O–H groups in total. The van der Waals surface area contributed by atoms with Gasteiger partial charge in [-0.05, 0) is 18.6 Å². The van der Waals surface area contributed by atoms with Gasteiger partial charge in [0.25, 0.3) is 10.1 Å². The van der Waals surface area contributed by atoms with Crippen LogP contribution >= 0.6 is 0 Å². The number of benzene rings is 1. The maximum absolute atomic E-state index is 11.9. The summed E-state index contributed by atoms with van der Waals surface area (Å²) in [6.45, 7) is 2.54. The van der Waals surface area contributed by atoms with Gasteiger partial charge < -0.3 is 1.43 Å². The molecule has 0 saturated heterocycles. The summed E-state index contributed by atoms with van der Waals surface area (Å²) in [5, 5.41) is 0. The molecule has 5 heteroatoms. The van der Waals surface area contributed by atoms with Gasteiger partial charge in [0, 0.05) is 0 Å². The monoisotopic (exact) mass is 378 g/mol. The second kappa shape index (κ2) is 16.3. The predicted octanol–water partition coefficient (Wildman–Crippen LogP) is 3.21. The normalized spacial score (nSPS) is 11.2. The van der Waals surface area contributed by atoms with Crippen LogP contribution in [0.25, 0.3) is 0 Å². The van der Waals surface area contributed by atoms with Gasteiger partial charge in [-0.25, -0.2) is 0 Å². The number of unbranched alkanes of at least 4 members (excludes halogenated alkanes) is 11. The van der Waals surface area contributed by atoms with Crippen molar-refractivity contribution in [3.05, 3.63) is 30.3 Å². The molecule has 0 radical (unpaired) electrons. The van der Waals surface area contributed by atoms with Crippen molar-refractivity contribution in [2.45, 2.75) is 88.9 Å². The Balaban J connectivity index is 0. The van der Waals surface area contributed by atoms with Crippen LogP contribution in [-0.2, 0) is 14.3 Å². The molecule has 3 nitrogen and oxygen atoms in total. The van der Waals surface area contributed by atoms with Gasteiger partial charge in [-0.2, -0.15) is 8.42 Å². The van der Waals surface area contributed by atoms with Crippen molar-refractivity contribution in [2.75, 3.05) is 6.61 Å². The average molecular weight is 379 g/mol. The maximum Gasteiger partial charge on any atom is 1.00 e. The van der Waals surface area contributed by atoms with E-state index < -0.39 is 10.1 Å². The summed E-state index contributed by atoms with van der Waals surface area (Å²) in [4.78, 5) is 0.240. The fourth-order valence-corrected chi connectivity index (χ4v) is 3.73. The van der Waals surface area contributed by atoms with Crippen molar-refractivity contribution in [3.8, 4) is 0 Å². The van der Waals surface area contributed by atoms with Gasteiger partial charge in [-0.1, -0.05) is 95.8 Å². The SMILES string of the molecule is CCCCCCCCCCCCCCOS(=O)(=O)c1ccccc1.[H-].[Na+]. The summed E-state index contributed by atoms with van der Waals surface area (Å²) in [6.07, 6.45) is 15.1. The van der Waals surface area contributed by atoms with E-state index in [2.05, 4.69) is 6.92 Å². The smallest absolute Gasteiger partial charge is 1.00 e. The third kappa shape index (κ3) is 13.0. The summed E-state index contributed by atoms with van der Waals surface area (Å²) in [5.41, 5.74) is 0. The molecule has 0 amide bonds. The van der Waals surface area contributed by atoms with E-state index in [-0.39, 0.29) is 42.5 Å². The van der Waals surface area contributed by atoms with Crippen molar-refractivity contribution < 1.29 is 43.6 Å². The Kier molecular flexibility index (Phi) is 16.4. The van der Waals surface area contributed by atoms with Crippen LogP contribution in [0.4, 0.5) is 0 Å². The minimum atomic E-state index is -3.57. The average Bonchev–Trinajstić information content (AvgIpc) is 2.60. The molecule has 0 aliphatic carbocycles. The fraction of sp³-hybridized carbons (Fsp3) is 0.700. The molecule has 0 heterocycles. The topological polar surface area (TPSA) is 43.4 Å². The molecule has 0 aliphatic rings. The van der Waals surface area contributed by atoms with Crippen molar-refractivity contribution >= 4 is 10.1 Å². The molecular formula is C20H35NaO3S. The predicted molar refractivity (Wildman–Crippen MR) is 102 cm³/mol. The Morgan fingerprint density at radius 1 is 0.760 bits per heavy atom. The standard InChI is InChI=1S/C20H34O3S.Na.H/c1-2-3-4-5-6-7-8-9-10-11-12-16-19-23-24(21,22)20-17-14-13-15-18-20;;/h13-15,17-18H,2-12,16,19H2,1H3;;/q;+1;-1. The second-order valence-corrected chi connectivity index (χ2v) is 8.09. The molecule has 0 aliphatic heterocycles. The van der Waals surface area contributed by atoms with Crippen LogP contribution in [0.2, 0.25) is 0 Å². The molecule has 0 atom stereocenters. The van der Waals surface area contributed by atoms with Crippen molar-refractivity contribution in [3.63, 3.8) is 0 Å². The van der Waals surface area contributed by atoms with E-state index >= 15 is 0 Å². The first-order valence-electron chi connectivity index (χ1n) is 9.61. The van der Waals surface area contributed by atoms with Crippen molar-refractivity contribution in [1.29, 1.82) is 0 Å². The first-order chi connectivity index (χ1) is 11.7. The molecule has 25 heavy (non-hydrogen) atoms. The van der Waals surface area contributed by atoms with Crippen LogP contribution < -0.4 is 29.6 Å². The Bertz CT molecular complexity index is 509. The molecule has 0 spiro atoms. The molecule has 0 bridgehead atoms. The largest absolute Gasteiger partial charge is 1.00 e. The molecule has 0 fully saturated rings. The van der Waals surface area contributed by atoms with Crippen LogP contribution in [0.15, 0.2) is 35.2 Å². The van der Waals surface area contributed by atoms with E-state index in [0.717, 1.165) is 12.8 Å². The van der Waals surface area contributed by atoms with Gasteiger partial charge in [0.05, 0.1) is 11.5 Å². The fourth-order valence-electron chi connectivity index (χ4n) is 2.77. The van der Waals surface area contributed by atoms with Gasteiger partial charge in [-0.15, -0.1) is 0 Å². The van der Waals surface area contributed by atoms with E-state index in [1.54, 1.807) is 30.3 Å². The molecule has 1 aromatic rings. The third-order valence-electron chi connectivity index (χ3n) is 4.27. The van der Waals surface area contributed by atoms with Crippen LogP contribution in [0.1, 0.15) is 85.4 Å². The Labute approximate surface area is 178 Å². The van der Waals surface area contributed by atoms with Crippen LogP contribution in [0.3, 0.4) is 0 Å². The summed E-state index contributed by atoms with van der Waals surface area (Å²) in [7, 11) is -3.57. The molecule has 0 unspecified atom stereocenters. The Hall–Kier alpha value is 0.130.